The first-order valence-electron chi connectivity index (χ1n) is 5.70. The van der Waals surface area contributed by atoms with E-state index in [9.17, 15) is 25.2 Å². The van der Waals surface area contributed by atoms with Gasteiger partial charge in [0, 0.05) is 17.8 Å². The summed E-state index contributed by atoms with van der Waals surface area (Å²) < 4.78 is 59.2. The summed E-state index contributed by atoms with van der Waals surface area (Å²) in [6.45, 7) is 13.6. The molecule has 3 N–H and O–H groups in total. The summed E-state index contributed by atoms with van der Waals surface area (Å²) in [5.74, 6) is 2.01. The van der Waals surface area contributed by atoms with Gasteiger partial charge in [-0.3, -0.25) is 0 Å². The van der Waals surface area contributed by atoms with Crippen molar-refractivity contribution in [2.45, 2.75) is 47.1 Å². The molecule has 116 valence electrons. The van der Waals surface area contributed by atoms with Gasteiger partial charge >= 0.3 is 33.0 Å². The molecule has 0 aliphatic rings. The monoisotopic (exact) mass is 303 g/mol. The number of hydrogen-bond acceptors (Lipinski definition) is 0. The van der Waals surface area contributed by atoms with Crippen molar-refractivity contribution in [2.75, 3.05) is 0 Å². The van der Waals surface area contributed by atoms with E-state index in [4.69, 9.17) is 0 Å². The maximum absolute atomic E-state index is 10.7. The van der Waals surface area contributed by atoms with Crippen LogP contribution >= 0.6 is 7.81 Å². The number of halogens is 6. The van der Waals surface area contributed by atoms with Gasteiger partial charge in [-0.05, 0) is 0 Å². The van der Waals surface area contributed by atoms with E-state index in [1.165, 1.54) is 0 Å². The molecule has 0 aromatic heterocycles. The van der Waals surface area contributed by atoms with Crippen LogP contribution in [-0.2, 0) is 0 Å². The van der Waals surface area contributed by atoms with E-state index in [0.717, 1.165) is 0 Å². The predicted octanol–water partition coefficient (Wildman–Crippen LogP) is 5.32. The molecule has 0 radical (unpaired) electrons. The zero-order valence-electron chi connectivity index (χ0n) is 11.7. The van der Waals surface area contributed by atoms with Crippen molar-refractivity contribution in [3.63, 3.8) is 0 Å². The van der Waals surface area contributed by atoms with E-state index in [1.807, 2.05) is 0 Å². The molecule has 0 aromatic carbocycles. The van der Waals surface area contributed by atoms with Gasteiger partial charge in [-0.25, -0.2) is 0 Å². The third-order valence-electron chi connectivity index (χ3n) is 3.22. The second kappa shape index (κ2) is 4.82. The SMILES string of the molecule is CC(C)C([NH3+])(C(C)C)C(C)C.F[P-](F)(F)(F)(F)F. The molecular formula is C10H24F6NP. The van der Waals surface area contributed by atoms with Crippen LogP contribution in [0.2, 0.25) is 0 Å². The minimum atomic E-state index is -10.7. The van der Waals surface area contributed by atoms with Crippen molar-refractivity contribution in [3.8, 4) is 0 Å². The van der Waals surface area contributed by atoms with Gasteiger partial charge in [-0.1, -0.05) is 41.5 Å². The summed E-state index contributed by atoms with van der Waals surface area (Å²) in [7, 11) is -10.7. The Morgan fingerprint density at radius 2 is 0.778 bits per heavy atom. The molecule has 0 atom stereocenters. The van der Waals surface area contributed by atoms with Crippen molar-refractivity contribution in [1.29, 1.82) is 0 Å². The van der Waals surface area contributed by atoms with Crippen LogP contribution in [0, 0.1) is 17.8 Å². The van der Waals surface area contributed by atoms with E-state index >= 15 is 0 Å². The van der Waals surface area contributed by atoms with Crippen LogP contribution in [0.15, 0.2) is 0 Å². The van der Waals surface area contributed by atoms with Crippen molar-refractivity contribution in [3.05, 3.63) is 0 Å². The Balaban J connectivity index is 0. The second-order valence-electron chi connectivity index (χ2n) is 5.53. The number of quaternary nitrogens is 1. The topological polar surface area (TPSA) is 27.6 Å². The molecule has 0 aromatic rings. The molecule has 8 heteroatoms. The second-order valence-corrected chi connectivity index (χ2v) is 7.45. The van der Waals surface area contributed by atoms with Crippen molar-refractivity contribution >= 4 is 7.81 Å². The average Bonchev–Trinajstić information content (AvgIpc) is 1.95. The molecule has 0 saturated heterocycles. The number of rotatable bonds is 3. The summed E-state index contributed by atoms with van der Waals surface area (Å²) in [5, 5.41) is 0. The van der Waals surface area contributed by atoms with Gasteiger partial charge < -0.3 is 5.73 Å². The van der Waals surface area contributed by atoms with Crippen LogP contribution < -0.4 is 5.73 Å². The van der Waals surface area contributed by atoms with Crippen LogP contribution in [0.5, 0.6) is 0 Å². The Morgan fingerprint density at radius 1 is 0.667 bits per heavy atom. The van der Waals surface area contributed by atoms with Gasteiger partial charge in [-0.15, -0.1) is 0 Å². The fraction of sp³-hybridized carbons (Fsp3) is 1.00. The van der Waals surface area contributed by atoms with Crippen molar-refractivity contribution < 1.29 is 30.9 Å². The predicted molar refractivity (Wildman–Crippen MR) is 63.7 cm³/mol. The summed E-state index contributed by atoms with van der Waals surface area (Å²) in [6, 6.07) is 0. The average molecular weight is 303 g/mol. The van der Waals surface area contributed by atoms with Crippen molar-refractivity contribution in [1.82, 2.24) is 0 Å². The van der Waals surface area contributed by atoms with Crippen molar-refractivity contribution in [2.24, 2.45) is 17.8 Å². The zero-order valence-corrected chi connectivity index (χ0v) is 12.5. The fourth-order valence-electron chi connectivity index (χ4n) is 2.00. The molecule has 0 saturated carbocycles. The molecular weight excluding hydrogens is 279 g/mol. The van der Waals surface area contributed by atoms with Crippen LogP contribution in [-0.4, -0.2) is 5.54 Å². The quantitative estimate of drug-likeness (QED) is 0.540. The molecule has 18 heavy (non-hydrogen) atoms. The van der Waals surface area contributed by atoms with Gasteiger partial charge in [0.05, 0.1) is 0 Å². The Labute approximate surface area is 104 Å². The summed E-state index contributed by atoms with van der Waals surface area (Å²) in [5.41, 5.74) is 4.62. The van der Waals surface area contributed by atoms with E-state index in [1.54, 1.807) is 0 Å². The zero-order chi connectivity index (χ0) is 15.6. The van der Waals surface area contributed by atoms with Crippen LogP contribution in [0.3, 0.4) is 0 Å². The standard InChI is InChI=1S/C10H23N.F6P/c1-7(2)10(11,8(3)4)9(5)6;1-7(2,3,4,5)6/h7-9H,11H2,1-6H3;/q;-1/p+1. The maximum atomic E-state index is 9.87. The van der Waals surface area contributed by atoms with E-state index in [-0.39, 0.29) is 5.54 Å². The molecule has 0 heterocycles. The van der Waals surface area contributed by atoms with Crippen LogP contribution in [0.1, 0.15) is 41.5 Å². The van der Waals surface area contributed by atoms with Crippen LogP contribution in [0.4, 0.5) is 25.2 Å². The number of hydrogen-bond donors (Lipinski definition) is 1. The molecule has 0 spiro atoms. The first kappa shape index (κ1) is 20.3. The van der Waals surface area contributed by atoms with Gasteiger partial charge in [-0.2, -0.15) is 0 Å². The Bertz CT molecular complexity index is 232. The molecule has 0 aliphatic heterocycles. The van der Waals surface area contributed by atoms with Gasteiger partial charge in [0.25, 0.3) is 0 Å². The normalized spacial score (nSPS) is 17.3. The minimum absolute atomic E-state index is 0.250. The third-order valence-corrected chi connectivity index (χ3v) is 3.22. The Morgan fingerprint density at radius 3 is 0.778 bits per heavy atom. The molecule has 0 amide bonds. The summed E-state index contributed by atoms with van der Waals surface area (Å²) in [6.07, 6.45) is 0. The molecule has 0 bridgehead atoms. The molecule has 0 aliphatic carbocycles. The first-order valence-corrected chi connectivity index (χ1v) is 7.73. The first-order chi connectivity index (χ1) is 7.28. The van der Waals surface area contributed by atoms with Crippen LogP contribution in [0.25, 0.3) is 0 Å². The molecule has 0 fully saturated rings. The third kappa shape index (κ3) is 11.1. The van der Waals surface area contributed by atoms with Gasteiger partial charge in [0.2, 0.25) is 0 Å². The van der Waals surface area contributed by atoms with E-state index < -0.39 is 7.81 Å². The molecule has 0 rings (SSSR count). The van der Waals surface area contributed by atoms with Gasteiger partial charge in [0.15, 0.2) is 0 Å². The molecule has 1 nitrogen and oxygen atoms in total. The summed E-state index contributed by atoms with van der Waals surface area (Å²) >= 11 is 0. The van der Waals surface area contributed by atoms with E-state index in [0.29, 0.717) is 17.8 Å². The fourth-order valence-corrected chi connectivity index (χ4v) is 2.00. The molecule has 0 unspecified atom stereocenters. The Hall–Kier alpha value is -0.0300. The van der Waals surface area contributed by atoms with E-state index in [2.05, 4.69) is 47.3 Å². The van der Waals surface area contributed by atoms with Gasteiger partial charge in [0.1, 0.15) is 5.54 Å². The Kier molecular flexibility index (Phi) is 5.43. The summed E-state index contributed by atoms with van der Waals surface area (Å²) in [4.78, 5) is 0.